The lowest BCUT2D eigenvalue weighted by Gasteiger charge is -2.36. The van der Waals surface area contributed by atoms with Crippen molar-refractivity contribution >= 4 is 35.2 Å². The first-order valence-corrected chi connectivity index (χ1v) is 25.1. The number of aryl methyl sites for hydroxylation is 1. The molecule has 3 fully saturated rings. The molecule has 5 atom stereocenters. The number of ketones is 2. The van der Waals surface area contributed by atoms with E-state index in [2.05, 4.69) is 22.5 Å². The van der Waals surface area contributed by atoms with Crippen molar-refractivity contribution in [2.45, 2.75) is 199 Å². The van der Waals surface area contributed by atoms with Gasteiger partial charge in [0.15, 0.2) is 5.78 Å². The van der Waals surface area contributed by atoms with Gasteiger partial charge >= 0.3 is 0 Å². The molecule has 1 aromatic rings. The van der Waals surface area contributed by atoms with Crippen LogP contribution < -0.4 is 16.4 Å². The van der Waals surface area contributed by atoms with Gasteiger partial charge in [-0.2, -0.15) is 0 Å². The lowest BCUT2D eigenvalue weighted by atomic mass is 9.91. The number of rotatable bonds is 31. The number of fused-ring (bicyclic) bond motifs is 1. The van der Waals surface area contributed by atoms with Crippen LogP contribution in [-0.2, 0) is 39.9 Å². The maximum atomic E-state index is 14.5. The van der Waals surface area contributed by atoms with E-state index < -0.39 is 29.8 Å². The summed E-state index contributed by atoms with van der Waals surface area (Å²) in [6.07, 6.45) is 22.4. The molecule has 4 N–H and O–H groups in total. The second-order valence-corrected chi connectivity index (χ2v) is 18.9. The van der Waals surface area contributed by atoms with E-state index in [1.807, 2.05) is 31.2 Å². The van der Waals surface area contributed by atoms with E-state index >= 15 is 0 Å². The number of morpholine rings is 1. The molecule has 3 aliphatic heterocycles. The number of nitrogens with one attached hydrogen (secondary N) is 2. The van der Waals surface area contributed by atoms with E-state index in [9.17, 15) is 28.8 Å². The van der Waals surface area contributed by atoms with Crippen LogP contribution in [0.15, 0.2) is 24.3 Å². The second kappa shape index (κ2) is 29.7. The third-order valence-electron chi connectivity index (χ3n) is 13.7. The summed E-state index contributed by atoms with van der Waals surface area (Å²) < 4.78 is 5.45. The number of Topliss-reactive ketones (excluding diaryl/α,β-unsaturated/α-hetero) is 2. The van der Waals surface area contributed by atoms with Crippen LogP contribution in [0.1, 0.15) is 179 Å². The van der Waals surface area contributed by atoms with Crippen LogP contribution >= 0.6 is 0 Å². The number of carbonyl (C=O) groups is 6. The molecule has 4 rings (SSSR count). The van der Waals surface area contributed by atoms with Crippen LogP contribution in [0.5, 0.6) is 0 Å². The van der Waals surface area contributed by atoms with Crippen LogP contribution in [0.25, 0.3) is 0 Å². The SMILES string of the molecule is CCCCCCCCCCCCCCCCNC(=O)[C@H](CCC(N)=O)CC(=O)[C@@H]1CC[C@@H]2CCCC[C@H](NC(=O)[C@@H](CC(=O)CCN3CCOCC3)Cc3ccc(C)cc3)C(=O)N21. The zero-order valence-corrected chi connectivity index (χ0v) is 39.2. The Morgan fingerprint density at radius 2 is 1.37 bits per heavy atom. The molecule has 12 heteroatoms. The van der Waals surface area contributed by atoms with Gasteiger partial charge in [0, 0.05) is 69.7 Å². The molecular formula is C51H83N5O7. The van der Waals surface area contributed by atoms with Gasteiger partial charge in [-0.25, -0.2) is 0 Å². The van der Waals surface area contributed by atoms with Crippen molar-refractivity contribution in [1.82, 2.24) is 20.4 Å². The molecule has 3 saturated heterocycles. The molecule has 63 heavy (non-hydrogen) atoms. The van der Waals surface area contributed by atoms with E-state index in [0.717, 1.165) is 62.7 Å². The fourth-order valence-corrected chi connectivity index (χ4v) is 9.72. The predicted molar refractivity (Wildman–Crippen MR) is 249 cm³/mol. The molecule has 1 aromatic carbocycles. The second-order valence-electron chi connectivity index (χ2n) is 18.9. The maximum absolute atomic E-state index is 14.5. The summed E-state index contributed by atoms with van der Waals surface area (Å²) in [5.41, 5.74) is 7.55. The van der Waals surface area contributed by atoms with E-state index in [1.54, 1.807) is 4.90 Å². The van der Waals surface area contributed by atoms with E-state index in [4.69, 9.17) is 10.5 Å². The summed E-state index contributed by atoms with van der Waals surface area (Å²) >= 11 is 0. The van der Waals surface area contributed by atoms with Gasteiger partial charge in [0.25, 0.3) is 0 Å². The molecule has 0 radical (unpaired) electrons. The minimum absolute atomic E-state index is 0.00621. The Kier molecular flexibility index (Phi) is 24.5. The summed E-state index contributed by atoms with van der Waals surface area (Å²) in [5, 5.41) is 6.09. The van der Waals surface area contributed by atoms with Gasteiger partial charge in [0.1, 0.15) is 11.8 Å². The minimum Gasteiger partial charge on any atom is -0.379 e. The maximum Gasteiger partial charge on any atom is 0.246 e. The van der Waals surface area contributed by atoms with Crippen LogP contribution in [0, 0.1) is 18.8 Å². The first-order valence-electron chi connectivity index (χ1n) is 25.1. The van der Waals surface area contributed by atoms with Gasteiger partial charge < -0.3 is 26.0 Å². The van der Waals surface area contributed by atoms with Crippen LogP contribution in [0.2, 0.25) is 0 Å². The highest BCUT2D eigenvalue weighted by Crippen LogP contribution is 2.33. The number of hydrogen-bond donors (Lipinski definition) is 3. The smallest absolute Gasteiger partial charge is 0.246 e. The average Bonchev–Trinajstić information content (AvgIpc) is 3.70. The number of nitrogens with zero attached hydrogens (tertiary/aromatic N) is 2. The summed E-state index contributed by atoms with van der Waals surface area (Å²) in [4.78, 5) is 85.4. The molecule has 3 heterocycles. The average molecular weight is 878 g/mol. The fourth-order valence-electron chi connectivity index (χ4n) is 9.72. The van der Waals surface area contributed by atoms with Gasteiger partial charge in [-0.15, -0.1) is 0 Å². The molecule has 4 amide bonds. The Balaban J connectivity index is 1.30. The highest BCUT2D eigenvalue weighted by Gasteiger charge is 2.44. The number of amides is 4. The summed E-state index contributed by atoms with van der Waals surface area (Å²) in [5.74, 6) is -2.92. The number of primary amides is 1. The van der Waals surface area contributed by atoms with Crippen molar-refractivity contribution in [3.05, 3.63) is 35.4 Å². The van der Waals surface area contributed by atoms with Gasteiger partial charge in [-0.1, -0.05) is 133 Å². The third kappa shape index (κ3) is 19.6. The Hall–Kier alpha value is -3.64. The van der Waals surface area contributed by atoms with Gasteiger partial charge in [-0.3, -0.25) is 33.7 Å². The van der Waals surface area contributed by atoms with E-state index in [1.165, 1.54) is 70.6 Å². The summed E-state index contributed by atoms with van der Waals surface area (Å²) in [6, 6.07) is 6.30. The third-order valence-corrected chi connectivity index (χ3v) is 13.7. The Morgan fingerprint density at radius 3 is 2.00 bits per heavy atom. The van der Waals surface area contributed by atoms with E-state index in [-0.39, 0.29) is 61.0 Å². The highest BCUT2D eigenvalue weighted by molar-refractivity contribution is 5.96. The summed E-state index contributed by atoms with van der Waals surface area (Å²) in [7, 11) is 0. The van der Waals surface area contributed by atoms with Gasteiger partial charge in [-0.05, 0) is 57.4 Å². The lowest BCUT2D eigenvalue weighted by Crippen LogP contribution is -2.56. The van der Waals surface area contributed by atoms with Crippen LogP contribution in [0.4, 0.5) is 0 Å². The molecule has 0 unspecified atom stereocenters. The van der Waals surface area contributed by atoms with Crippen LogP contribution in [-0.4, -0.2) is 103 Å². The molecule has 0 bridgehead atoms. The number of ether oxygens (including phenoxy) is 1. The highest BCUT2D eigenvalue weighted by atomic mass is 16.5. The van der Waals surface area contributed by atoms with Crippen molar-refractivity contribution in [2.75, 3.05) is 39.4 Å². The lowest BCUT2D eigenvalue weighted by molar-refractivity contribution is -0.144. The predicted octanol–water partition coefficient (Wildman–Crippen LogP) is 7.69. The Bertz CT molecular complexity index is 1550. The van der Waals surface area contributed by atoms with Crippen molar-refractivity contribution in [3.8, 4) is 0 Å². The molecule has 354 valence electrons. The summed E-state index contributed by atoms with van der Waals surface area (Å²) in [6.45, 7) is 8.26. The minimum atomic E-state index is -0.822. The zero-order chi connectivity index (χ0) is 45.2. The zero-order valence-electron chi connectivity index (χ0n) is 39.2. The van der Waals surface area contributed by atoms with Gasteiger partial charge in [0.2, 0.25) is 23.6 Å². The van der Waals surface area contributed by atoms with Crippen molar-refractivity contribution < 1.29 is 33.5 Å². The van der Waals surface area contributed by atoms with Gasteiger partial charge in [0.05, 0.1) is 19.3 Å². The molecule has 0 aliphatic carbocycles. The first-order chi connectivity index (χ1) is 30.5. The fraction of sp³-hybridized carbons (Fsp3) is 0.765. The largest absolute Gasteiger partial charge is 0.379 e. The normalized spacial score (nSPS) is 20.3. The molecule has 3 aliphatic rings. The Morgan fingerprint density at radius 1 is 0.746 bits per heavy atom. The monoisotopic (exact) mass is 878 g/mol. The Labute approximate surface area is 379 Å². The topological polar surface area (TPSA) is 168 Å². The van der Waals surface area contributed by atoms with E-state index in [0.29, 0.717) is 58.4 Å². The number of unbranched alkanes of at least 4 members (excludes halogenated alkanes) is 13. The van der Waals surface area contributed by atoms with Crippen molar-refractivity contribution in [3.63, 3.8) is 0 Å². The van der Waals surface area contributed by atoms with Crippen molar-refractivity contribution in [1.29, 1.82) is 0 Å². The molecule has 12 nitrogen and oxygen atoms in total. The number of nitrogens with two attached hydrogens (primary N) is 1. The standard InChI is InChI=1S/C51H83N5O7/c1-3-4-5-6-7-8-9-10-11-12-13-14-15-18-30-53-49(60)41(25-28-48(52)59)38-47(58)46-27-26-43-19-16-17-20-45(51(62)56(43)46)54-50(61)42(36-40-23-21-39(2)22-24-40)37-44(57)29-31-55-32-34-63-35-33-55/h21-24,41-43,45-46H,3-20,25-38H2,1-2H3,(H2,52,59)(H,53,60)(H,54,61)/t41-,42-,43+,45+,46+/m1/s1. The molecule has 0 saturated carbocycles. The molecular weight excluding hydrogens is 795 g/mol. The number of carbonyl (C=O) groups excluding carboxylic acids is 6. The number of hydrogen-bond acceptors (Lipinski definition) is 8. The first kappa shape index (κ1) is 52.0. The molecule has 0 aromatic heterocycles. The number of benzene rings is 1. The van der Waals surface area contributed by atoms with Crippen LogP contribution in [0.3, 0.4) is 0 Å². The quantitative estimate of drug-likeness (QED) is 0.0639. The van der Waals surface area contributed by atoms with Crippen molar-refractivity contribution in [2.24, 2.45) is 17.6 Å². The molecule has 0 spiro atoms.